The maximum Gasteiger partial charge on any atom is 0.225 e. The Morgan fingerprint density at radius 1 is 1.41 bits per heavy atom. The molecule has 0 aliphatic heterocycles. The van der Waals surface area contributed by atoms with Crippen molar-refractivity contribution in [1.82, 2.24) is 4.90 Å². The van der Waals surface area contributed by atoms with Gasteiger partial charge in [0.1, 0.15) is 5.54 Å². The molecule has 1 aliphatic rings. The van der Waals surface area contributed by atoms with Crippen LogP contribution in [-0.2, 0) is 4.79 Å². The van der Waals surface area contributed by atoms with E-state index in [9.17, 15) is 4.79 Å². The molecule has 1 aliphatic carbocycles. The zero-order valence-corrected chi connectivity index (χ0v) is 11.3. The summed E-state index contributed by atoms with van der Waals surface area (Å²) in [6.45, 7) is 6.07. The number of hydrogen-bond donors (Lipinski definition) is 1. The van der Waals surface area contributed by atoms with E-state index in [4.69, 9.17) is 11.0 Å². The summed E-state index contributed by atoms with van der Waals surface area (Å²) in [6.07, 6.45) is 2.70. The van der Waals surface area contributed by atoms with Crippen molar-refractivity contribution >= 4 is 5.91 Å². The van der Waals surface area contributed by atoms with Gasteiger partial charge in [-0.05, 0) is 46.5 Å². The lowest BCUT2D eigenvalue weighted by atomic mass is 9.77. The molecule has 0 heterocycles. The van der Waals surface area contributed by atoms with Crippen LogP contribution < -0.4 is 5.73 Å². The highest BCUT2D eigenvalue weighted by atomic mass is 16.2. The SMILES string of the molecule is CN(C(=O)C1CCC(N)(C#N)CC1)C(C)(C)C. The highest BCUT2D eigenvalue weighted by molar-refractivity contribution is 5.79. The summed E-state index contributed by atoms with van der Waals surface area (Å²) >= 11 is 0. The van der Waals surface area contributed by atoms with Gasteiger partial charge in [0, 0.05) is 18.5 Å². The maximum atomic E-state index is 12.2. The van der Waals surface area contributed by atoms with Crippen molar-refractivity contribution in [1.29, 1.82) is 5.26 Å². The van der Waals surface area contributed by atoms with E-state index in [1.54, 1.807) is 4.90 Å². The molecule has 2 N–H and O–H groups in total. The first kappa shape index (κ1) is 14.0. The number of carbonyl (C=O) groups is 1. The topological polar surface area (TPSA) is 70.1 Å². The normalized spacial score (nSPS) is 29.5. The van der Waals surface area contributed by atoms with Crippen LogP contribution in [-0.4, -0.2) is 28.9 Å². The van der Waals surface area contributed by atoms with Gasteiger partial charge in [0.15, 0.2) is 0 Å². The molecule has 0 bridgehead atoms. The van der Waals surface area contributed by atoms with Crippen molar-refractivity contribution in [2.45, 2.75) is 57.5 Å². The van der Waals surface area contributed by atoms with Crippen molar-refractivity contribution < 1.29 is 4.79 Å². The Balaban J connectivity index is 2.62. The number of amides is 1. The molecule has 0 aromatic rings. The summed E-state index contributed by atoms with van der Waals surface area (Å²) < 4.78 is 0. The second kappa shape index (κ2) is 4.66. The standard InChI is InChI=1S/C13H23N3O/c1-12(2,3)16(4)11(17)10-5-7-13(15,9-14)8-6-10/h10H,5-8,15H2,1-4H3. The number of hydrogen-bond acceptors (Lipinski definition) is 3. The van der Waals surface area contributed by atoms with Crippen LogP contribution in [0.1, 0.15) is 46.5 Å². The number of carbonyl (C=O) groups excluding carboxylic acids is 1. The number of rotatable bonds is 1. The maximum absolute atomic E-state index is 12.2. The minimum absolute atomic E-state index is 0.0317. The van der Waals surface area contributed by atoms with Gasteiger partial charge in [0.2, 0.25) is 5.91 Å². The molecule has 0 saturated heterocycles. The average molecular weight is 237 g/mol. The van der Waals surface area contributed by atoms with Gasteiger partial charge in [-0.2, -0.15) is 5.26 Å². The first-order valence-electron chi connectivity index (χ1n) is 6.17. The fourth-order valence-corrected chi connectivity index (χ4v) is 2.10. The van der Waals surface area contributed by atoms with Gasteiger partial charge in [-0.25, -0.2) is 0 Å². The number of nitrogens with zero attached hydrogens (tertiary/aromatic N) is 2. The van der Waals surface area contributed by atoms with E-state index < -0.39 is 5.54 Å². The van der Waals surface area contributed by atoms with Gasteiger partial charge >= 0.3 is 0 Å². The first-order chi connectivity index (χ1) is 7.69. The highest BCUT2D eigenvalue weighted by Crippen LogP contribution is 2.32. The third-order valence-corrected chi connectivity index (χ3v) is 3.79. The Bertz CT molecular complexity index is 330. The first-order valence-corrected chi connectivity index (χ1v) is 6.17. The zero-order chi connectivity index (χ0) is 13.3. The molecule has 0 atom stereocenters. The predicted octanol–water partition coefficient (Wildman–Crippen LogP) is 1.65. The third-order valence-electron chi connectivity index (χ3n) is 3.79. The summed E-state index contributed by atoms with van der Waals surface area (Å²) in [7, 11) is 1.84. The van der Waals surface area contributed by atoms with E-state index in [0.717, 1.165) is 12.8 Å². The van der Waals surface area contributed by atoms with Gasteiger partial charge < -0.3 is 10.6 Å². The second-order valence-corrected chi connectivity index (χ2v) is 6.11. The van der Waals surface area contributed by atoms with E-state index in [1.807, 2.05) is 27.8 Å². The smallest absolute Gasteiger partial charge is 0.225 e. The molecule has 0 aromatic heterocycles. The number of nitriles is 1. The Labute approximate surface area is 104 Å². The summed E-state index contributed by atoms with van der Waals surface area (Å²) in [5, 5.41) is 8.94. The van der Waals surface area contributed by atoms with E-state index in [-0.39, 0.29) is 17.4 Å². The molecule has 4 heteroatoms. The Hall–Kier alpha value is -1.08. The van der Waals surface area contributed by atoms with Crippen LogP contribution >= 0.6 is 0 Å². The lowest BCUT2D eigenvalue weighted by Gasteiger charge is -2.38. The van der Waals surface area contributed by atoms with Crippen molar-refractivity contribution in [3.8, 4) is 6.07 Å². The van der Waals surface area contributed by atoms with Gasteiger partial charge in [0.25, 0.3) is 0 Å². The van der Waals surface area contributed by atoms with Gasteiger partial charge in [-0.3, -0.25) is 4.79 Å². The van der Waals surface area contributed by atoms with E-state index in [0.29, 0.717) is 12.8 Å². The zero-order valence-electron chi connectivity index (χ0n) is 11.3. The molecule has 96 valence electrons. The van der Waals surface area contributed by atoms with Crippen LogP contribution in [0.15, 0.2) is 0 Å². The van der Waals surface area contributed by atoms with E-state index in [1.165, 1.54) is 0 Å². The largest absolute Gasteiger partial charge is 0.341 e. The molecule has 1 saturated carbocycles. The molecule has 0 aromatic carbocycles. The number of nitrogens with two attached hydrogens (primary N) is 1. The fourth-order valence-electron chi connectivity index (χ4n) is 2.10. The van der Waals surface area contributed by atoms with Crippen LogP contribution in [0.25, 0.3) is 0 Å². The second-order valence-electron chi connectivity index (χ2n) is 6.11. The summed E-state index contributed by atoms with van der Waals surface area (Å²) in [4.78, 5) is 14.0. The molecule has 17 heavy (non-hydrogen) atoms. The predicted molar refractivity (Wildman–Crippen MR) is 67.0 cm³/mol. The summed E-state index contributed by atoms with van der Waals surface area (Å²) in [5.74, 6) is 0.210. The molecule has 0 unspecified atom stereocenters. The lowest BCUT2D eigenvalue weighted by molar-refractivity contribution is -0.139. The molecule has 0 radical (unpaired) electrons. The van der Waals surface area contributed by atoms with Gasteiger partial charge in [0.05, 0.1) is 6.07 Å². The quantitative estimate of drug-likeness (QED) is 0.754. The monoisotopic (exact) mass is 237 g/mol. The fraction of sp³-hybridized carbons (Fsp3) is 0.846. The molecule has 0 spiro atoms. The molecular formula is C13H23N3O. The van der Waals surface area contributed by atoms with Crippen molar-refractivity contribution in [3.05, 3.63) is 0 Å². The van der Waals surface area contributed by atoms with Gasteiger partial charge in [-0.1, -0.05) is 0 Å². The van der Waals surface area contributed by atoms with Crippen molar-refractivity contribution in [2.24, 2.45) is 11.7 Å². The molecule has 1 amide bonds. The molecule has 1 fully saturated rings. The molecule has 1 rings (SSSR count). The Morgan fingerprint density at radius 3 is 2.24 bits per heavy atom. The minimum atomic E-state index is -0.711. The van der Waals surface area contributed by atoms with Crippen molar-refractivity contribution in [3.63, 3.8) is 0 Å². The van der Waals surface area contributed by atoms with Crippen LogP contribution in [0, 0.1) is 17.2 Å². The molecular weight excluding hydrogens is 214 g/mol. The van der Waals surface area contributed by atoms with Crippen LogP contribution in [0.4, 0.5) is 0 Å². The van der Waals surface area contributed by atoms with Crippen LogP contribution in [0.3, 0.4) is 0 Å². The summed E-state index contributed by atoms with van der Waals surface area (Å²) in [6, 6.07) is 2.15. The average Bonchev–Trinajstić information content (AvgIpc) is 2.27. The Morgan fingerprint density at radius 2 is 1.88 bits per heavy atom. The lowest BCUT2D eigenvalue weighted by Crippen LogP contribution is -2.49. The molecule has 4 nitrogen and oxygen atoms in total. The minimum Gasteiger partial charge on any atom is -0.341 e. The highest BCUT2D eigenvalue weighted by Gasteiger charge is 2.37. The van der Waals surface area contributed by atoms with Gasteiger partial charge in [-0.15, -0.1) is 0 Å². The Kier molecular flexibility index (Phi) is 3.83. The third kappa shape index (κ3) is 3.19. The van der Waals surface area contributed by atoms with Crippen molar-refractivity contribution in [2.75, 3.05) is 7.05 Å². The van der Waals surface area contributed by atoms with E-state index in [2.05, 4.69) is 6.07 Å². The van der Waals surface area contributed by atoms with Crippen LogP contribution in [0.5, 0.6) is 0 Å². The van der Waals surface area contributed by atoms with Crippen LogP contribution in [0.2, 0.25) is 0 Å². The summed E-state index contributed by atoms with van der Waals surface area (Å²) in [5.41, 5.74) is 5.04. The van der Waals surface area contributed by atoms with E-state index >= 15 is 0 Å².